The Labute approximate surface area is 544 Å². The molecule has 1 saturated carbocycles. The number of aliphatic hydroxyl groups excluding tert-OH is 8. The summed E-state index contributed by atoms with van der Waals surface area (Å²) in [7, 11) is 4.41. The number of esters is 1. The van der Waals surface area contributed by atoms with E-state index in [1.165, 1.54) is 14.2 Å². The number of nitrogens with zero attached hydrogens (tertiary/aromatic N) is 1. The van der Waals surface area contributed by atoms with Gasteiger partial charge in [0, 0.05) is 58.5 Å². The Morgan fingerprint density at radius 1 is 0.742 bits per heavy atom. The van der Waals surface area contributed by atoms with Crippen LogP contribution in [0.2, 0.25) is 0 Å². The van der Waals surface area contributed by atoms with E-state index >= 15 is 0 Å². The number of allylic oxidation sites excluding steroid dienone is 6. The molecule has 0 aromatic carbocycles. The Kier molecular flexibility index (Phi) is 30.2. The Balaban J connectivity index is 1.13. The normalized spacial score (nSPS) is 41.7. The van der Waals surface area contributed by atoms with Gasteiger partial charge in [-0.3, -0.25) is 19.2 Å². The number of methoxy groups -OCH3 is 3. The summed E-state index contributed by atoms with van der Waals surface area (Å²) < 4.78 is 62.7. The van der Waals surface area contributed by atoms with Gasteiger partial charge in [-0.15, -0.1) is 0 Å². The maximum absolute atomic E-state index is 14.7. The highest BCUT2D eigenvalue weighted by molar-refractivity contribution is 6.39. The molecule has 528 valence electrons. The van der Waals surface area contributed by atoms with Crippen LogP contribution in [0.1, 0.15) is 126 Å². The summed E-state index contributed by atoms with van der Waals surface area (Å²) in [4.78, 5) is 85.9. The first-order valence-corrected chi connectivity index (χ1v) is 32.6. The van der Waals surface area contributed by atoms with E-state index in [1.54, 1.807) is 40.9 Å². The maximum Gasteiger partial charge on any atom is 0.510 e. The zero-order valence-corrected chi connectivity index (χ0v) is 55.3. The fourth-order valence-electron chi connectivity index (χ4n) is 13.4. The number of carbonyl (C=O) groups is 6. The van der Waals surface area contributed by atoms with E-state index in [4.69, 9.17) is 52.1 Å². The van der Waals surface area contributed by atoms with Gasteiger partial charge in [-0.25, -0.2) is 9.59 Å². The van der Waals surface area contributed by atoms with Gasteiger partial charge in [0.2, 0.25) is 12.1 Å². The van der Waals surface area contributed by atoms with Crippen molar-refractivity contribution < 1.29 is 127 Å². The molecule has 0 radical (unpaired) electrons. The van der Waals surface area contributed by atoms with E-state index in [1.807, 2.05) is 51.2 Å². The van der Waals surface area contributed by atoms with Crippen LogP contribution in [0, 0.1) is 35.5 Å². The number of fused-ring (bicyclic) bond motifs is 3. The number of piperidine rings is 1. The van der Waals surface area contributed by atoms with Crippen LogP contribution in [0.4, 0.5) is 4.79 Å². The van der Waals surface area contributed by atoms with Crippen LogP contribution in [0.3, 0.4) is 0 Å². The van der Waals surface area contributed by atoms with E-state index in [0.29, 0.717) is 63.4 Å². The fourth-order valence-corrected chi connectivity index (χ4v) is 13.4. The lowest BCUT2D eigenvalue weighted by molar-refractivity contribution is -0.355. The molecule has 5 fully saturated rings. The van der Waals surface area contributed by atoms with Gasteiger partial charge in [0.15, 0.2) is 12.1 Å². The smallest absolute Gasteiger partial charge is 0.460 e. The van der Waals surface area contributed by atoms with E-state index in [0.717, 1.165) is 10.5 Å². The minimum absolute atomic E-state index is 0.0102. The first kappa shape index (κ1) is 77.5. The van der Waals surface area contributed by atoms with Crippen molar-refractivity contribution in [3.8, 4) is 0 Å². The van der Waals surface area contributed by atoms with Gasteiger partial charge in [0.05, 0.1) is 44.2 Å². The molecule has 27 heteroatoms. The number of ether oxygens (including phenoxy) is 11. The average Bonchev–Trinajstić information content (AvgIpc) is 0.786. The molecule has 2 bridgehead atoms. The highest BCUT2D eigenvalue weighted by atomic mass is 16.8. The second-order valence-corrected chi connectivity index (χ2v) is 26.2. The number of rotatable bonds is 15. The van der Waals surface area contributed by atoms with E-state index in [9.17, 15) is 74.7 Å². The molecule has 1 amide bonds. The number of hydrogen-bond acceptors (Lipinski definition) is 26. The quantitative estimate of drug-likeness (QED) is 0.0490. The molecular formula is C66H103NO26. The highest BCUT2D eigenvalue weighted by Gasteiger charge is 2.54. The maximum atomic E-state index is 14.7. The summed E-state index contributed by atoms with van der Waals surface area (Å²) in [6.07, 6.45) is -9.34. The zero-order valence-electron chi connectivity index (χ0n) is 55.3. The van der Waals surface area contributed by atoms with Gasteiger partial charge in [-0.05, 0) is 107 Å². The lowest BCUT2D eigenvalue weighted by Gasteiger charge is -2.45. The molecule has 0 aromatic heterocycles. The van der Waals surface area contributed by atoms with Gasteiger partial charge in [-0.1, -0.05) is 71.1 Å². The van der Waals surface area contributed by atoms with Gasteiger partial charge in [0.1, 0.15) is 85.6 Å². The number of amides is 1. The molecule has 5 heterocycles. The third-order valence-electron chi connectivity index (χ3n) is 19.3. The van der Waals surface area contributed by atoms with Crippen LogP contribution >= 0.6 is 0 Å². The molecule has 6 rings (SSSR count). The highest BCUT2D eigenvalue weighted by Crippen LogP contribution is 2.39. The van der Waals surface area contributed by atoms with Crippen LogP contribution in [0.5, 0.6) is 0 Å². The van der Waals surface area contributed by atoms with Gasteiger partial charge in [0.25, 0.3) is 11.7 Å². The van der Waals surface area contributed by atoms with E-state index in [2.05, 4.69) is 0 Å². The van der Waals surface area contributed by atoms with Crippen molar-refractivity contribution in [1.29, 1.82) is 0 Å². The SMILES string of the molecule is CO[C@H]1C[C@@H]2CC[C@@H](C)[C@@](O)(O2)C(=O)C(=O)N2CCCCC2C(=O)O[C@H]([C@H](C)CC2CC[C@@H](OCCOC(=O)OC3O[C@H](CO)[C@@H](OC4O[C@@H](CO)[C@@H](O)[C@@H](O)[C@@H]4O)[C@H](O)[C@H]3O)[C@H](OC)C2)CC(=O)[C@H](C)/C=C(\C)[C@@H](O)[C@@H](OC)C(=O)[C@H](C)C[C@H](C)/C=C/C=C/C=C/1C. The Hall–Kier alpha value is -4.50. The Bertz CT molecular complexity index is 2580. The number of Topliss-reactive ketones (excluding diaryl/α,β-unsaturated/α-hetero) is 3. The van der Waals surface area contributed by atoms with Crippen molar-refractivity contribution in [3.05, 3.63) is 47.6 Å². The number of ketones is 3. The summed E-state index contributed by atoms with van der Waals surface area (Å²) in [6.45, 7) is 10.3. The van der Waals surface area contributed by atoms with Crippen molar-refractivity contribution in [3.63, 3.8) is 0 Å². The molecule has 6 aliphatic rings. The molecule has 0 spiro atoms. The van der Waals surface area contributed by atoms with Crippen molar-refractivity contribution in [2.24, 2.45) is 35.5 Å². The fraction of sp³-hybridized carbons (Fsp3) is 0.788. The predicted octanol–water partition coefficient (Wildman–Crippen LogP) is 1.98. The third kappa shape index (κ3) is 20.1. The first-order chi connectivity index (χ1) is 44.1. The Morgan fingerprint density at radius 2 is 1.44 bits per heavy atom. The molecule has 93 heavy (non-hydrogen) atoms. The molecule has 4 saturated heterocycles. The molecule has 27 nitrogen and oxygen atoms in total. The van der Waals surface area contributed by atoms with Crippen molar-refractivity contribution >= 4 is 35.4 Å². The lowest BCUT2D eigenvalue weighted by atomic mass is 9.78. The standard InChI is InChI=1S/C66H103NO26/c1-34-16-12-11-13-17-35(2)46(83-8)30-42-21-19-40(7)66(82,93-42)60(78)61(79)67-23-15-14-18-43(67)62(80)88-47(31-44(70)36(3)27-39(6)52(72)59(85-10)51(71)38(5)26-34)37(4)28-41-20-22-45(48(29-41)84-9)86-24-25-87-65(81)92-64-57(77)55(75)58(50(33-69)90-64)91-63-56(76)54(74)53(73)49(32-68)89-63/h11-13,16-17,27,34,36-38,40-43,45-50,52-59,63-64,68-69,72-77,82H,14-15,18-26,28-33H2,1-10H3/b13-11+,16-12+,35-17+,39-27+/t34-,36-,37-,38-,40-,41?,42+,43?,45-,46+,47+,48-,49+,50-,52-,53-,54-,55-,56+,57-,58-,59+,63?,64?,66-/m1/s1. The topological polar surface area (TPSA) is 389 Å². The van der Waals surface area contributed by atoms with E-state index < -0.39 is 177 Å². The molecule has 0 aromatic rings. The predicted molar refractivity (Wildman–Crippen MR) is 328 cm³/mol. The van der Waals surface area contributed by atoms with E-state index in [-0.39, 0.29) is 62.4 Å². The van der Waals surface area contributed by atoms with Crippen molar-refractivity contribution in [2.45, 2.75) is 241 Å². The van der Waals surface area contributed by atoms with Crippen molar-refractivity contribution in [1.82, 2.24) is 4.90 Å². The molecular weight excluding hydrogens is 1220 g/mol. The van der Waals surface area contributed by atoms with Crippen LogP contribution < -0.4 is 0 Å². The van der Waals surface area contributed by atoms with Gasteiger partial charge >= 0.3 is 12.1 Å². The number of aliphatic hydroxyl groups is 9. The van der Waals surface area contributed by atoms with Crippen LogP contribution in [0.25, 0.3) is 0 Å². The van der Waals surface area contributed by atoms with Crippen molar-refractivity contribution in [2.75, 3.05) is 54.3 Å². The number of hydrogen-bond donors (Lipinski definition) is 9. The average molecular weight is 1330 g/mol. The summed E-state index contributed by atoms with van der Waals surface area (Å²) in [5.41, 5.74) is 1.16. The summed E-state index contributed by atoms with van der Waals surface area (Å²) in [5, 5.41) is 95.8. The summed E-state index contributed by atoms with van der Waals surface area (Å²) in [6, 6.07) is -1.25. The Morgan fingerprint density at radius 3 is 2.12 bits per heavy atom. The second kappa shape index (κ2) is 36.2. The summed E-state index contributed by atoms with van der Waals surface area (Å²) in [5.74, 6) is -9.02. The monoisotopic (exact) mass is 1330 g/mol. The van der Waals surface area contributed by atoms with Gasteiger partial charge in [-0.2, -0.15) is 0 Å². The minimum Gasteiger partial charge on any atom is -0.460 e. The summed E-state index contributed by atoms with van der Waals surface area (Å²) >= 11 is 0. The van der Waals surface area contributed by atoms with Crippen LogP contribution in [-0.2, 0) is 76.1 Å². The first-order valence-electron chi connectivity index (χ1n) is 32.6. The largest absolute Gasteiger partial charge is 0.510 e. The lowest BCUT2D eigenvalue weighted by Crippen LogP contribution is -2.64. The molecule has 9 N–H and O–H groups in total. The molecule has 5 aliphatic heterocycles. The second-order valence-electron chi connectivity index (χ2n) is 26.2. The number of cyclic esters (lactones) is 1. The minimum atomic E-state index is -2.51. The number of carbonyl (C=O) groups excluding carboxylic acids is 6. The molecule has 4 unspecified atom stereocenters. The van der Waals surface area contributed by atoms with Crippen LogP contribution in [-0.4, -0.2) is 257 Å². The third-order valence-corrected chi connectivity index (χ3v) is 19.3. The van der Waals surface area contributed by atoms with Gasteiger partial charge < -0.3 is 103 Å². The molecule has 25 atom stereocenters. The molecule has 1 aliphatic carbocycles. The van der Waals surface area contributed by atoms with Crippen LogP contribution in [0.15, 0.2) is 47.6 Å². The zero-order chi connectivity index (χ0) is 68.6.